The highest BCUT2D eigenvalue weighted by Gasteiger charge is 2.17. The van der Waals surface area contributed by atoms with Crippen molar-refractivity contribution >= 4 is 23.1 Å². The number of furan rings is 1. The molecule has 0 radical (unpaired) electrons. The second kappa shape index (κ2) is 7.63. The van der Waals surface area contributed by atoms with Crippen molar-refractivity contribution in [2.45, 2.75) is 31.3 Å². The molecule has 0 unspecified atom stereocenters. The molecule has 0 aliphatic heterocycles. The molecule has 3 aromatic rings. The van der Waals surface area contributed by atoms with Gasteiger partial charge in [0.1, 0.15) is 10.8 Å². The molecule has 0 aliphatic carbocycles. The standard InChI is InChI=1S/C15H17N5O2S2/c1-4-7-20-13(11-6-8-22-10(11)3)17-18-14(20)23-9-12-16-19-15(24-12)21-5-2/h4,6,8H,1,5,7,9H2,2-3H3. The van der Waals surface area contributed by atoms with Gasteiger partial charge in [-0.2, -0.15) is 0 Å². The van der Waals surface area contributed by atoms with Crippen molar-refractivity contribution < 1.29 is 9.15 Å². The monoisotopic (exact) mass is 363 g/mol. The summed E-state index contributed by atoms with van der Waals surface area (Å²) >= 11 is 3.00. The molecule has 0 saturated carbocycles. The van der Waals surface area contributed by atoms with E-state index in [1.807, 2.05) is 30.6 Å². The molecule has 0 amide bonds. The molecule has 0 aromatic carbocycles. The molecule has 24 heavy (non-hydrogen) atoms. The molecule has 0 aliphatic rings. The number of ether oxygens (including phenoxy) is 1. The van der Waals surface area contributed by atoms with Gasteiger partial charge in [0, 0.05) is 6.54 Å². The normalized spacial score (nSPS) is 10.9. The van der Waals surface area contributed by atoms with Crippen molar-refractivity contribution in [3.05, 3.63) is 35.8 Å². The van der Waals surface area contributed by atoms with Crippen LogP contribution in [0, 0.1) is 6.92 Å². The van der Waals surface area contributed by atoms with E-state index in [2.05, 4.69) is 27.0 Å². The lowest BCUT2D eigenvalue weighted by Crippen LogP contribution is -2.00. The lowest BCUT2D eigenvalue weighted by molar-refractivity contribution is 0.335. The Bertz CT molecular complexity index is 824. The zero-order valence-electron chi connectivity index (χ0n) is 13.4. The molecule has 0 atom stereocenters. The van der Waals surface area contributed by atoms with Gasteiger partial charge in [-0.3, -0.25) is 4.57 Å². The van der Waals surface area contributed by atoms with Crippen LogP contribution in [-0.4, -0.2) is 31.6 Å². The maximum Gasteiger partial charge on any atom is 0.294 e. The lowest BCUT2D eigenvalue weighted by atomic mass is 10.2. The van der Waals surface area contributed by atoms with E-state index in [1.54, 1.807) is 18.0 Å². The first-order chi connectivity index (χ1) is 11.7. The Labute approximate surface area is 147 Å². The van der Waals surface area contributed by atoms with Gasteiger partial charge in [0.15, 0.2) is 11.0 Å². The summed E-state index contributed by atoms with van der Waals surface area (Å²) in [5.74, 6) is 2.25. The summed E-state index contributed by atoms with van der Waals surface area (Å²) in [6.07, 6.45) is 3.48. The minimum Gasteiger partial charge on any atom is -0.469 e. The van der Waals surface area contributed by atoms with Gasteiger partial charge < -0.3 is 9.15 Å². The molecular formula is C15H17N5O2S2. The van der Waals surface area contributed by atoms with Crippen LogP contribution < -0.4 is 4.74 Å². The number of allylic oxidation sites excluding steroid dienone is 1. The van der Waals surface area contributed by atoms with Crippen LogP contribution in [0.1, 0.15) is 17.7 Å². The van der Waals surface area contributed by atoms with E-state index in [4.69, 9.17) is 9.15 Å². The summed E-state index contributed by atoms with van der Waals surface area (Å²) in [6, 6.07) is 1.90. The maximum atomic E-state index is 5.37. The molecular weight excluding hydrogens is 346 g/mol. The number of aromatic nitrogens is 5. The van der Waals surface area contributed by atoms with Crippen LogP contribution in [0.15, 0.2) is 34.6 Å². The number of aryl methyl sites for hydroxylation is 1. The second-order valence-electron chi connectivity index (χ2n) is 4.78. The number of rotatable bonds is 8. The molecule has 9 heteroatoms. The number of nitrogens with zero attached hydrogens (tertiary/aromatic N) is 5. The van der Waals surface area contributed by atoms with Gasteiger partial charge in [0.25, 0.3) is 5.19 Å². The molecule has 126 valence electrons. The Kier molecular flexibility index (Phi) is 5.31. The van der Waals surface area contributed by atoms with Crippen molar-refractivity contribution in [1.82, 2.24) is 25.0 Å². The van der Waals surface area contributed by atoms with Crippen LogP contribution in [0.3, 0.4) is 0 Å². The molecule has 7 nitrogen and oxygen atoms in total. The number of hydrogen-bond acceptors (Lipinski definition) is 8. The number of thioether (sulfide) groups is 1. The average Bonchev–Trinajstić information content (AvgIpc) is 3.27. The first kappa shape index (κ1) is 16.7. The fourth-order valence-electron chi connectivity index (χ4n) is 2.11. The summed E-state index contributed by atoms with van der Waals surface area (Å²) in [4.78, 5) is 0. The molecule has 0 N–H and O–H groups in total. The second-order valence-corrected chi connectivity index (χ2v) is 6.75. The van der Waals surface area contributed by atoms with E-state index < -0.39 is 0 Å². The van der Waals surface area contributed by atoms with Crippen molar-refractivity contribution in [3.8, 4) is 16.6 Å². The predicted octanol–water partition coefficient (Wildman–Crippen LogP) is 3.58. The van der Waals surface area contributed by atoms with E-state index in [0.29, 0.717) is 24.1 Å². The fourth-order valence-corrected chi connectivity index (χ4v) is 3.79. The van der Waals surface area contributed by atoms with Gasteiger partial charge in [0.2, 0.25) is 0 Å². The van der Waals surface area contributed by atoms with Gasteiger partial charge in [-0.05, 0) is 19.9 Å². The Morgan fingerprint density at radius 1 is 1.38 bits per heavy atom. The largest absolute Gasteiger partial charge is 0.469 e. The molecule has 0 bridgehead atoms. The molecule has 0 fully saturated rings. The summed E-state index contributed by atoms with van der Waals surface area (Å²) in [7, 11) is 0. The predicted molar refractivity (Wildman–Crippen MR) is 93.3 cm³/mol. The Morgan fingerprint density at radius 2 is 2.25 bits per heavy atom. The average molecular weight is 363 g/mol. The van der Waals surface area contributed by atoms with Crippen LogP contribution in [0.4, 0.5) is 0 Å². The van der Waals surface area contributed by atoms with Gasteiger partial charge >= 0.3 is 0 Å². The SMILES string of the molecule is C=CCn1c(SCc2nnc(OCC)s2)nnc1-c1ccoc1C. The van der Waals surface area contributed by atoms with Crippen molar-refractivity contribution in [2.24, 2.45) is 0 Å². The fraction of sp³-hybridized carbons (Fsp3) is 0.333. The van der Waals surface area contributed by atoms with Gasteiger partial charge in [-0.15, -0.1) is 27.0 Å². The third kappa shape index (κ3) is 3.51. The molecule has 3 aromatic heterocycles. The first-order valence-electron chi connectivity index (χ1n) is 7.39. The maximum absolute atomic E-state index is 5.37. The zero-order chi connectivity index (χ0) is 16.9. The Morgan fingerprint density at radius 3 is 2.96 bits per heavy atom. The van der Waals surface area contributed by atoms with E-state index in [9.17, 15) is 0 Å². The van der Waals surface area contributed by atoms with Crippen LogP contribution in [0.25, 0.3) is 11.4 Å². The van der Waals surface area contributed by atoms with E-state index in [0.717, 1.165) is 27.3 Å². The van der Waals surface area contributed by atoms with Gasteiger partial charge in [-0.25, -0.2) is 0 Å². The summed E-state index contributed by atoms with van der Waals surface area (Å²) in [5, 5.41) is 19.0. The summed E-state index contributed by atoms with van der Waals surface area (Å²) in [5.41, 5.74) is 0.936. The highest BCUT2D eigenvalue weighted by atomic mass is 32.2. The topological polar surface area (TPSA) is 78.9 Å². The Hall–Kier alpha value is -2.13. The summed E-state index contributed by atoms with van der Waals surface area (Å²) in [6.45, 7) is 8.86. The minimum absolute atomic E-state index is 0.586. The van der Waals surface area contributed by atoms with E-state index >= 15 is 0 Å². The minimum atomic E-state index is 0.586. The van der Waals surface area contributed by atoms with Crippen molar-refractivity contribution in [2.75, 3.05) is 6.61 Å². The van der Waals surface area contributed by atoms with Crippen LogP contribution >= 0.6 is 23.1 Å². The molecule has 3 rings (SSSR count). The smallest absolute Gasteiger partial charge is 0.294 e. The van der Waals surface area contributed by atoms with Crippen molar-refractivity contribution in [1.29, 1.82) is 0 Å². The van der Waals surface area contributed by atoms with E-state index in [1.165, 1.54) is 11.3 Å². The third-order valence-corrected chi connectivity index (χ3v) is 5.17. The third-order valence-electron chi connectivity index (χ3n) is 3.17. The van der Waals surface area contributed by atoms with Gasteiger partial charge in [0.05, 0.1) is 24.2 Å². The first-order valence-corrected chi connectivity index (χ1v) is 9.19. The van der Waals surface area contributed by atoms with E-state index in [-0.39, 0.29) is 0 Å². The zero-order valence-corrected chi connectivity index (χ0v) is 15.1. The van der Waals surface area contributed by atoms with Crippen LogP contribution in [0.2, 0.25) is 0 Å². The molecule has 3 heterocycles. The van der Waals surface area contributed by atoms with Crippen molar-refractivity contribution in [3.63, 3.8) is 0 Å². The van der Waals surface area contributed by atoms with Gasteiger partial charge in [-0.1, -0.05) is 29.2 Å². The highest BCUT2D eigenvalue weighted by Crippen LogP contribution is 2.30. The van der Waals surface area contributed by atoms with Crippen LogP contribution in [0.5, 0.6) is 5.19 Å². The quantitative estimate of drug-likeness (QED) is 0.447. The lowest BCUT2D eigenvalue weighted by Gasteiger charge is -2.06. The Balaban J connectivity index is 1.79. The number of hydrogen-bond donors (Lipinski definition) is 0. The summed E-state index contributed by atoms with van der Waals surface area (Å²) < 4.78 is 12.7. The molecule has 0 saturated heterocycles. The highest BCUT2D eigenvalue weighted by molar-refractivity contribution is 7.98. The van der Waals surface area contributed by atoms with Crippen LogP contribution in [-0.2, 0) is 12.3 Å². The molecule has 0 spiro atoms.